The van der Waals surface area contributed by atoms with Crippen molar-refractivity contribution in [2.75, 3.05) is 19.7 Å². The van der Waals surface area contributed by atoms with E-state index in [1.807, 2.05) is 42.6 Å². The fourth-order valence-corrected chi connectivity index (χ4v) is 5.46. The lowest BCUT2D eigenvalue weighted by Crippen LogP contribution is -2.47. The van der Waals surface area contributed by atoms with Crippen LogP contribution in [0.4, 0.5) is 4.39 Å². The normalized spacial score (nSPS) is 14.8. The number of nitrogens with zero attached hydrogens (tertiary/aromatic N) is 2. The minimum Gasteiger partial charge on any atom is -0.491 e. The molecule has 1 aliphatic rings. The molecule has 1 aliphatic heterocycles. The lowest BCUT2D eigenvalue weighted by atomic mass is 10.0. The van der Waals surface area contributed by atoms with Gasteiger partial charge in [0, 0.05) is 17.0 Å². The Balaban J connectivity index is 1.37. The first-order valence-electron chi connectivity index (χ1n) is 12.1. The molecule has 0 spiro atoms. The van der Waals surface area contributed by atoms with Crippen LogP contribution >= 0.6 is 11.3 Å². The van der Waals surface area contributed by atoms with Gasteiger partial charge < -0.3 is 19.0 Å². The van der Waals surface area contributed by atoms with E-state index in [0.29, 0.717) is 18.9 Å². The summed E-state index contributed by atoms with van der Waals surface area (Å²) in [5, 5.41) is 2.04. The minimum atomic E-state index is -0.510. The first kappa shape index (κ1) is 24.8. The fraction of sp³-hybridized carbons (Fsp3) is 0.241. The smallest absolute Gasteiger partial charge is 0.254 e. The highest BCUT2D eigenvalue weighted by molar-refractivity contribution is 7.10. The zero-order valence-electron chi connectivity index (χ0n) is 20.4. The van der Waals surface area contributed by atoms with Gasteiger partial charge in [0.25, 0.3) is 5.91 Å². The highest BCUT2D eigenvalue weighted by atomic mass is 32.1. The average Bonchev–Trinajstić information content (AvgIpc) is 3.59. The van der Waals surface area contributed by atoms with Crippen LogP contribution in [-0.2, 0) is 17.8 Å². The number of benzene rings is 2. The summed E-state index contributed by atoms with van der Waals surface area (Å²) in [6.45, 7) is 2.76. The molecular formula is C29H27FN2O4S. The third-order valence-electron chi connectivity index (χ3n) is 6.46. The lowest BCUT2D eigenvalue weighted by Gasteiger charge is -2.37. The van der Waals surface area contributed by atoms with E-state index < -0.39 is 11.7 Å². The van der Waals surface area contributed by atoms with Crippen LogP contribution in [0.2, 0.25) is 0 Å². The molecule has 5 rings (SSSR count). The van der Waals surface area contributed by atoms with Crippen molar-refractivity contribution < 1.29 is 23.1 Å². The second-order valence-electron chi connectivity index (χ2n) is 9.03. The number of carbonyl (C=O) groups excluding carboxylic acids is 2. The molecule has 2 aromatic carbocycles. The monoisotopic (exact) mass is 518 g/mol. The van der Waals surface area contributed by atoms with Crippen molar-refractivity contribution in [2.45, 2.75) is 25.9 Å². The predicted octanol–water partition coefficient (Wildman–Crippen LogP) is 5.64. The first-order chi connectivity index (χ1) is 18.0. The van der Waals surface area contributed by atoms with Gasteiger partial charge in [-0.25, -0.2) is 4.39 Å². The molecule has 8 heteroatoms. The number of halogens is 1. The Kier molecular flexibility index (Phi) is 7.37. The predicted molar refractivity (Wildman–Crippen MR) is 139 cm³/mol. The Morgan fingerprint density at radius 2 is 1.97 bits per heavy atom. The Hall–Kier alpha value is -3.91. The standard InChI is InChI=1S/C29H27FN2O4S/c1-20-7-9-23(10-8-20)36-19-26-25-12-15-37-27(25)11-13-32(26)28(33)18-31(17-24-6-3-14-35-24)29(34)21-4-2-5-22(30)16-21/h2-10,12,14-16,26H,11,13,17-19H2,1H3/t26-/m1/s1. The van der Waals surface area contributed by atoms with E-state index in [0.717, 1.165) is 23.3 Å². The molecule has 2 amide bonds. The van der Waals surface area contributed by atoms with E-state index in [2.05, 4.69) is 0 Å². The van der Waals surface area contributed by atoms with Crippen LogP contribution in [0, 0.1) is 12.7 Å². The van der Waals surface area contributed by atoms with Crippen LogP contribution < -0.4 is 4.74 Å². The zero-order chi connectivity index (χ0) is 25.8. The maximum Gasteiger partial charge on any atom is 0.254 e. The quantitative estimate of drug-likeness (QED) is 0.303. The van der Waals surface area contributed by atoms with Gasteiger partial charge in [-0.05, 0) is 72.8 Å². The molecule has 0 saturated heterocycles. The number of hydrogen-bond donors (Lipinski definition) is 0. The van der Waals surface area contributed by atoms with Gasteiger partial charge in [-0.1, -0.05) is 23.8 Å². The molecule has 0 N–H and O–H groups in total. The highest BCUT2D eigenvalue weighted by Gasteiger charge is 2.34. The molecule has 4 aromatic rings. The molecule has 1 atom stereocenters. The van der Waals surface area contributed by atoms with E-state index in [-0.39, 0.29) is 30.6 Å². The number of rotatable bonds is 8. The Bertz CT molecular complexity index is 1370. The average molecular weight is 519 g/mol. The molecule has 3 heterocycles. The summed E-state index contributed by atoms with van der Waals surface area (Å²) >= 11 is 1.68. The van der Waals surface area contributed by atoms with Crippen molar-refractivity contribution in [3.05, 3.63) is 112 Å². The number of aryl methyl sites for hydroxylation is 1. The molecule has 190 valence electrons. The first-order valence-corrected chi connectivity index (χ1v) is 13.0. The number of amides is 2. The van der Waals surface area contributed by atoms with Crippen molar-refractivity contribution in [1.29, 1.82) is 0 Å². The maximum absolute atomic E-state index is 13.9. The lowest BCUT2D eigenvalue weighted by molar-refractivity contribution is -0.135. The molecule has 6 nitrogen and oxygen atoms in total. The number of ether oxygens (including phenoxy) is 1. The summed E-state index contributed by atoms with van der Waals surface area (Å²) < 4.78 is 25.4. The molecular weight excluding hydrogens is 491 g/mol. The Labute approximate surface area is 218 Å². The third kappa shape index (κ3) is 5.75. The van der Waals surface area contributed by atoms with Crippen LogP contribution in [0.5, 0.6) is 5.75 Å². The molecule has 0 aliphatic carbocycles. The van der Waals surface area contributed by atoms with Crippen LogP contribution in [-0.4, -0.2) is 41.3 Å². The Morgan fingerprint density at radius 1 is 1.14 bits per heavy atom. The summed E-state index contributed by atoms with van der Waals surface area (Å²) in [4.78, 5) is 31.5. The largest absolute Gasteiger partial charge is 0.491 e. The van der Waals surface area contributed by atoms with E-state index in [9.17, 15) is 14.0 Å². The second-order valence-corrected chi connectivity index (χ2v) is 10.0. The van der Waals surface area contributed by atoms with Gasteiger partial charge >= 0.3 is 0 Å². The van der Waals surface area contributed by atoms with Crippen molar-refractivity contribution in [1.82, 2.24) is 9.80 Å². The van der Waals surface area contributed by atoms with E-state index in [1.54, 1.807) is 34.4 Å². The van der Waals surface area contributed by atoms with E-state index >= 15 is 0 Å². The van der Waals surface area contributed by atoms with Gasteiger partial charge in [0.05, 0.1) is 18.8 Å². The molecule has 37 heavy (non-hydrogen) atoms. The number of hydrogen-bond acceptors (Lipinski definition) is 5. The highest BCUT2D eigenvalue weighted by Crippen LogP contribution is 2.34. The molecule has 0 bridgehead atoms. The Morgan fingerprint density at radius 3 is 2.73 bits per heavy atom. The molecule has 0 saturated carbocycles. The van der Waals surface area contributed by atoms with E-state index in [1.165, 1.54) is 34.2 Å². The van der Waals surface area contributed by atoms with Gasteiger partial charge in [-0.3, -0.25) is 9.59 Å². The summed E-state index contributed by atoms with van der Waals surface area (Å²) in [7, 11) is 0. The number of carbonyl (C=O) groups is 2. The summed E-state index contributed by atoms with van der Waals surface area (Å²) in [6.07, 6.45) is 2.26. The SMILES string of the molecule is Cc1ccc(OC[C@@H]2c3ccsc3CCN2C(=O)CN(Cc2ccco2)C(=O)c2cccc(F)c2)cc1. The van der Waals surface area contributed by atoms with Crippen molar-refractivity contribution in [2.24, 2.45) is 0 Å². The molecule has 0 radical (unpaired) electrons. The number of furan rings is 1. The van der Waals surface area contributed by atoms with Gasteiger partial charge in [-0.2, -0.15) is 0 Å². The zero-order valence-corrected chi connectivity index (χ0v) is 21.2. The third-order valence-corrected chi connectivity index (χ3v) is 7.45. The van der Waals surface area contributed by atoms with Crippen LogP contribution in [0.3, 0.4) is 0 Å². The molecule has 2 aromatic heterocycles. The van der Waals surface area contributed by atoms with Crippen LogP contribution in [0.1, 0.15) is 38.2 Å². The summed E-state index contributed by atoms with van der Waals surface area (Å²) in [5.74, 6) is 0.122. The summed E-state index contributed by atoms with van der Waals surface area (Å²) in [6, 6.07) is 18.5. The maximum atomic E-state index is 13.9. The van der Waals surface area contributed by atoms with Crippen molar-refractivity contribution >= 4 is 23.2 Å². The van der Waals surface area contributed by atoms with Gasteiger partial charge in [0.15, 0.2) is 0 Å². The van der Waals surface area contributed by atoms with Crippen LogP contribution in [0.25, 0.3) is 0 Å². The summed E-state index contributed by atoms with van der Waals surface area (Å²) in [5.41, 5.74) is 2.39. The van der Waals surface area contributed by atoms with Crippen molar-refractivity contribution in [3.8, 4) is 5.75 Å². The van der Waals surface area contributed by atoms with Gasteiger partial charge in [0.1, 0.15) is 30.5 Å². The number of thiophene rings is 1. The van der Waals surface area contributed by atoms with Gasteiger partial charge in [0.2, 0.25) is 5.91 Å². The second kappa shape index (κ2) is 11.0. The fourth-order valence-electron chi connectivity index (χ4n) is 4.53. The van der Waals surface area contributed by atoms with Gasteiger partial charge in [-0.15, -0.1) is 11.3 Å². The van der Waals surface area contributed by atoms with E-state index in [4.69, 9.17) is 9.15 Å². The minimum absolute atomic E-state index is 0.0934. The van der Waals surface area contributed by atoms with Crippen LogP contribution in [0.15, 0.2) is 82.8 Å². The topological polar surface area (TPSA) is 63.0 Å². The number of fused-ring (bicyclic) bond motifs is 1. The molecule has 0 fully saturated rings. The van der Waals surface area contributed by atoms with Crippen molar-refractivity contribution in [3.63, 3.8) is 0 Å². The molecule has 0 unspecified atom stereocenters.